The molecule has 0 amide bonds. The average molecular weight is 245 g/mol. The van der Waals surface area contributed by atoms with Crippen LogP contribution in [0.2, 0.25) is 0 Å². The van der Waals surface area contributed by atoms with Gasteiger partial charge in [-0.15, -0.1) is 0 Å². The van der Waals surface area contributed by atoms with Crippen LogP contribution in [-0.2, 0) is 0 Å². The molecule has 0 aliphatic heterocycles. The highest BCUT2D eigenvalue weighted by atomic mass is 16.3. The molecular weight excluding hydrogens is 234 g/mol. The quantitative estimate of drug-likeness (QED) is 0.490. The zero-order chi connectivity index (χ0) is 12.7. The Morgan fingerprint density at radius 2 is 1.37 bits per heavy atom. The van der Waals surface area contributed by atoms with Gasteiger partial charge in [0.05, 0.1) is 0 Å². The van der Waals surface area contributed by atoms with Crippen LogP contribution in [0.3, 0.4) is 0 Å². The summed E-state index contributed by atoms with van der Waals surface area (Å²) in [6.45, 7) is 0. The van der Waals surface area contributed by atoms with Crippen LogP contribution in [0.15, 0.2) is 71.1 Å². The van der Waals surface area contributed by atoms with Crippen LogP contribution >= 0.6 is 0 Å². The van der Waals surface area contributed by atoms with Crippen molar-refractivity contribution < 1.29 is 4.42 Å². The third-order valence-corrected chi connectivity index (χ3v) is 3.27. The fraction of sp³-hybridized carbons (Fsp3) is 0. The predicted octanol–water partition coefficient (Wildman–Crippen LogP) is 4.60. The van der Waals surface area contributed by atoms with Gasteiger partial charge in [0.25, 0.3) is 0 Å². The summed E-state index contributed by atoms with van der Waals surface area (Å²) in [5.41, 5.74) is 5.14. The Labute approximate surface area is 110 Å². The lowest BCUT2D eigenvalue weighted by Gasteiger charge is -1.85. The summed E-state index contributed by atoms with van der Waals surface area (Å²) in [6, 6.07) is 22.4. The minimum Gasteiger partial charge on any atom is -0.436 e. The highest BCUT2D eigenvalue weighted by Crippen LogP contribution is 2.32. The number of hydrogen-bond donors (Lipinski definition) is 0. The summed E-state index contributed by atoms with van der Waals surface area (Å²) in [7, 11) is 0. The molecule has 1 aromatic heterocycles. The van der Waals surface area contributed by atoms with Crippen molar-refractivity contribution in [3.05, 3.63) is 66.7 Å². The van der Waals surface area contributed by atoms with E-state index < -0.39 is 0 Å². The molecule has 0 bridgehead atoms. The third-order valence-electron chi connectivity index (χ3n) is 3.27. The smallest absolute Gasteiger partial charge is 0.227 e. The fourth-order valence-corrected chi connectivity index (χ4v) is 2.33. The van der Waals surface area contributed by atoms with Gasteiger partial charge in [-0.05, 0) is 35.4 Å². The number of para-hydroxylation sites is 2. The highest BCUT2D eigenvalue weighted by molar-refractivity contribution is 5.80. The van der Waals surface area contributed by atoms with Crippen LogP contribution in [0.5, 0.6) is 0 Å². The summed E-state index contributed by atoms with van der Waals surface area (Å²) in [5.74, 6) is 0.681. The van der Waals surface area contributed by atoms with Crippen molar-refractivity contribution in [1.82, 2.24) is 4.98 Å². The maximum absolute atomic E-state index is 5.80. The predicted molar refractivity (Wildman–Crippen MR) is 76.1 cm³/mol. The van der Waals surface area contributed by atoms with Crippen molar-refractivity contribution in [2.45, 2.75) is 0 Å². The zero-order valence-corrected chi connectivity index (χ0v) is 10.2. The van der Waals surface area contributed by atoms with E-state index in [1.807, 2.05) is 42.5 Å². The normalized spacial score (nSPS) is 11.2. The Balaban J connectivity index is 1.92. The van der Waals surface area contributed by atoms with Crippen LogP contribution in [-0.4, -0.2) is 4.98 Å². The molecule has 0 saturated carbocycles. The second-order valence-corrected chi connectivity index (χ2v) is 4.55. The van der Waals surface area contributed by atoms with E-state index in [9.17, 15) is 0 Å². The van der Waals surface area contributed by atoms with E-state index in [4.69, 9.17) is 4.42 Å². The Bertz CT molecular complexity index is 768. The van der Waals surface area contributed by atoms with E-state index in [1.165, 1.54) is 11.1 Å². The first kappa shape index (κ1) is 10.3. The van der Waals surface area contributed by atoms with Crippen LogP contribution in [0.1, 0.15) is 0 Å². The van der Waals surface area contributed by atoms with Gasteiger partial charge in [0.1, 0.15) is 5.52 Å². The van der Waals surface area contributed by atoms with Gasteiger partial charge in [0.15, 0.2) is 5.58 Å². The molecule has 2 aliphatic carbocycles. The molecule has 2 heteroatoms. The molecule has 0 atom stereocenters. The monoisotopic (exact) mass is 245 g/mol. The fourth-order valence-electron chi connectivity index (χ4n) is 2.33. The topological polar surface area (TPSA) is 26.0 Å². The molecule has 1 aromatic carbocycles. The van der Waals surface area contributed by atoms with E-state index in [-0.39, 0.29) is 0 Å². The largest absolute Gasteiger partial charge is 0.436 e. The summed E-state index contributed by atoms with van der Waals surface area (Å²) in [6.07, 6.45) is 0. The number of benzene rings is 1. The first-order chi connectivity index (χ1) is 9.40. The lowest BCUT2D eigenvalue weighted by atomic mass is 10.2. The minimum absolute atomic E-state index is 0.681. The van der Waals surface area contributed by atoms with Gasteiger partial charge in [-0.25, -0.2) is 4.98 Å². The number of fused-ring (bicyclic) bond motifs is 2. The standard InChI is InChI=1S/C17H11NO/c1-2-6-12-10-14(11-13(12)7-3-1)17-18-15-8-4-5-9-16(15)19-17/h1-11H. The second-order valence-electron chi connectivity index (χ2n) is 4.55. The molecule has 0 radical (unpaired) electrons. The van der Waals surface area contributed by atoms with Crippen molar-refractivity contribution in [2.75, 3.05) is 0 Å². The zero-order valence-electron chi connectivity index (χ0n) is 10.2. The van der Waals surface area contributed by atoms with Gasteiger partial charge < -0.3 is 4.42 Å². The number of aromatic nitrogens is 1. The molecule has 0 fully saturated rings. The molecular formula is C17H11NO. The summed E-state index contributed by atoms with van der Waals surface area (Å²) in [5, 5.41) is 0. The second kappa shape index (κ2) is 3.95. The summed E-state index contributed by atoms with van der Waals surface area (Å²) >= 11 is 0. The first-order valence-corrected chi connectivity index (χ1v) is 6.25. The van der Waals surface area contributed by atoms with Gasteiger partial charge in [-0.1, -0.05) is 42.5 Å². The van der Waals surface area contributed by atoms with Gasteiger partial charge in [0, 0.05) is 5.56 Å². The molecule has 2 aliphatic rings. The van der Waals surface area contributed by atoms with Gasteiger partial charge in [0.2, 0.25) is 5.89 Å². The Hall–Kier alpha value is -2.61. The number of rotatable bonds is 1. The minimum atomic E-state index is 0.681. The van der Waals surface area contributed by atoms with Crippen molar-refractivity contribution in [3.8, 4) is 22.6 Å². The lowest BCUT2D eigenvalue weighted by Crippen LogP contribution is -1.70. The number of hydrogen-bond acceptors (Lipinski definition) is 2. The molecule has 19 heavy (non-hydrogen) atoms. The van der Waals surface area contributed by atoms with Crippen molar-refractivity contribution >= 4 is 11.1 Å². The molecule has 0 spiro atoms. The first-order valence-electron chi connectivity index (χ1n) is 6.25. The SMILES string of the molecule is c1ccc2cc(-c3nc4ccccc4o3)cc-2cc1. The number of nitrogens with zero attached hydrogens (tertiary/aromatic N) is 1. The maximum Gasteiger partial charge on any atom is 0.227 e. The lowest BCUT2D eigenvalue weighted by molar-refractivity contribution is 0.620. The number of oxazole rings is 1. The van der Waals surface area contributed by atoms with E-state index in [0.717, 1.165) is 16.7 Å². The molecule has 0 unspecified atom stereocenters. The highest BCUT2D eigenvalue weighted by Gasteiger charge is 2.12. The summed E-state index contributed by atoms with van der Waals surface area (Å²) in [4.78, 5) is 4.53. The molecule has 0 N–H and O–H groups in total. The van der Waals surface area contributed by atoms with Crippen LogP contribution in [0.4, 0.5) is 0 Å². The van der Waals surface area contributed by atoms with Gasteiger partial charge in [-0.3, -0.25) is 0 Å². The average Bonchev–Trinajstić information content (AvgIpc) is 2.97. The third kappa shape index (κ3) is 1.69. The summed E-state index contributed by atoms with van der Waals surface area (Å²) < 4.78 is 5.80. The Morgan fingerprint density at radius 1 is 0.684 bits per heavy atom. The molecule has 90 valence electrons. The van der Waals surface area contributed by atoms with E-state index >= 15 is 0 Å². The molecule has 2 aromatic rings. The maximum atomic E-state index is 5.80. The van der Waals surface area contributed by atoms with Gasteiger partial charge >= 0.3 is 0 Å². The van der Waals surface area contributed by atoms with Crippen LogP contribution < -0.4 is 0 Å². The molecule has 4 rings (SSSR count). The molecule has 0 saturated heterocycles. The molecule has 1 heterocycles. The van der Waals surface area contributed by atoms with E-state index in [0.29, 0.717) is 5.89 Å². The van der Waals surface area contributed by atoms with Crippen LogP contribution in [0, 0.1) is 0 Å². The van der Waals surface area contributed by atoms with Crippen molar-refractivity contribution in [1.29, 1.82) is 0 Å². The van der Waals surface area contributed by atoms with Gasteiger partial charge in [-0.2, -0.15) is 0 Å². The van der Waals surface area contributed by atoms with Crippen LogP contribution in [0.25, 0.3) is 33.7 Å². The Kier molecular flexibility index (Phi) is 2.15. The van der Waals surface area contributed by atoms with Crippen molar-refractivity contribution in [3.63, 3.8) is 0 Å². The Morgan fingerprint density at radius 3 is 2.11 bits per heavy atom. The van der Waals surface area contributed by atoms with E-state index in [2.05, 4.69) is 29.2 Å². The van der Waals surface area contributed by atoms with Crippen molar-refractivity contribution in [2.24, 2.45) is 0 Å². The van der Waals surface area contributed by atoms with E-state index in [1.54, 1.807) is 0 Å². The molecule has 2 nitrogen and oxygen atoms in total.